The third kappa shape index (κ3) is 1.65. The molecule has 2 aromatic rings. The van der Waals surface area contributed by atoms with Gasteiger partial charge in [-0.25, -0.2) is 4.79 Å². The van der Waals surface area contributed by atoms with Crippen molar-refractivity contribution in [2.45, 2.75) is 11.7 Å². The van der Waals surface area contributed by atoms with Crippen LogP contribution in [-0.2, 0) is 4.79 Å². The summed E-state index contributed by atoms with van der Waals surface area (Å²) in [7, 11) is 0. The number of benzene rings is 2. The fourth-order valence-corrected chi connectivity index (χ4v) is 2.59. The van der Waals surface area contributed by atoms with Gasteiger partial charge in [-0.1, -0.05) is 48.6 Å². The van der Waals surface area contributed by atoms with Crippen molar-refractivity contribution in [3.63, 3.8) is 0 Å². The molecule has 0 radical (unpaired) electrons. The van der Waals surface area contributed by atoms with Crippen LogP contribution in [0, 0.1) is 0 Å². The largest absolute Gasteiger partial charge is 0.477 e. The van der Waals surface area contributed by atoms with Gasteiger partial charge in [-0.3, -0.25) is 0 Å². The van der Waals surface area contributed by atoms with Crippen LogP contribution in [-0.4, -0.2) is 27.1 Å². The fourth-order valence-electron chi connectivity index (χ4n) is 2.59. The first-order valence-electron chi connectivity index (χ1n) is 5.90. The van der Waals surface area contributed by atoms with E-state index in [1.807, 2.05) is 24.3 Å². The zero-order valence-corrected chi connectivity index (χ0v) is 9.95. The predicted molar refractivity (Wildman–Crippen MR) is 70.5 cm³/mol. The number of aliphatic carboxylic acids is 1. The molecule has 0 spiro atoms. The SMILES string of the molecule is O=C(O)C(O)(O)C1C=Cc2cccc3cccc1c23. The second-order valence-corrected chi connectivity index (χ2v) is 4.66. The Morgan fingerprint density at radius 2 is 1.79 bits per heavy atom. The van der Waals surface area contributed by atoms with E-state index >= 15 is 0 Å². The summed E-state index contributed by atoms with van der Waals surface area (Å²) in [5, 5.41) is 30.4. The molecule has 0 bridgehead atoms. The lowest BCUT2D eigenvalue weighted by atomic mass is 9.81. The first-order chi connectivity index (χ1) is 9.01. The number of hydrogen-bond acceptors (Lipinski definition) is 3. The molecular weight excluding hydrogens is 244 g/mol. The number of carboxylic acids is 1. The van der Waals surface area contributed by atoms with E-state index in [1.165, 1.54) is 6.08 Å². The molecule has 1 aliphatic carbocycles. The van der Waals surface area contributed by atoms with Crippen molar-refractivity contribution in [3.05, 3.63) is 53.6 Å². The normalized spacial score (nSPS) is 17.7. The third-order valence-corrected chi connectivity index (χ3v) is 3.52. The summed E-state index contributed by atoms with van der Waals surface area (Å²) in [5.74, 6) is -5.44. The van der Waals surface area contributed by atoms with Crippen molar-refractivity contribution in [2.75, 3.05) is 0 Å². The van der Waals surface area contributed by atoms with E-state index in [2.05, 4.69) is 0 Å². The molecule has 4 heteroatoms. The minimum atomic E-state index is -2.81. The van der Waals surface area contributed by atoms with Gasteiger partial charge in [0.25, 0.3) is 5.79 Å². The molecule has 0 aliphatic heterocycles. The fraction of sp³-hybridized carbons (Fsp3) is 0.133. The van der Waals surface area contributed by atoms with E-state index in [-0.39, 0.29) is 0 Å². The van der Waals surface area contributed by atoms with Crippen LogP contribution in [0.15, 0.2) is 42.5 Å². The van der Waals surface area contributed by atoms with Crippen molar-refractivity contribution >= 4 is 22.8 Å². The van der Waals surface area contributed by atoms with Crippen LogP contribution < -0.4 is 0 Å². The number of rotatable bonds is 2. The van der Waals surface area contributed by atoms with Crippen LogP contribution in [0.25, 0.3) is 16.8 Å². The van der Waals surface area contributed by atoms with Gasteiger partial charge in [0, 0.05) is 0 Å². The Morgan fingerprint density at radius 1 is 1.11 bits per heavy atom. The molecule has 0 heterocycles. The van der Waals surface area contributed by atoms with Crippen molar-refractivity contribution in [3.8, 4) is 0 Å². The second kappa shape index (κ2) is 3.91. The lowest BCUT2D eigenvalue weighted by molar-refractivity contribution is -0.207. The van der Waals surface area contributed by atoms with Gasteiger partial charge in [-0.05, 0) is 21.9 Å². The minimum Gasteiger partial charge on any atom is -0.477 e. The maximum absolute atomic E-state index is 11.0. The minimum absolute atomic E-state index is 0.614. The molecule has 0 saturated carbocycles. The van der Waals surface area contributed by atoms with Gasteiger partial charge in [0.15, 0.2) is 0 Å². The van der Waals surface area contributed by atoms with Crippen LogP contribution in [0.3, 0.4) is 0 Å². The summed E-state index contributed by atoms with van der Waals surface area (Å²) < 4.78 is 0. The maximum Gasteiger partial charge on any atom is 0.365 e. The molecule has 0 fully saturated rings. The quantitative estimate of drug-likeness (QED) is 0.715. The molecule has 0 saturated heterocycles. The zero-order valence-electron chi connectivity index (χ0n) is 9.95. The first kappa shape index (κ1) is 11.9. The molecule has 19 heavy (non-hydrogen) atoms. The van der Waals surface area contributed by atoms with E-state index in [1.54, 1.807) is 18.2 Å². The Kier molecular flexibility index (Phi) is 2.45. The topological polar surface area (TPSA) is 77.8 Å². The van der Waals surface area contributed by atoms with Gasteiger partial charge in [0.1, 0.15) is 0 Å². The van der Waals surface area contributed by atoms with Crippen molar-refractivity contribution in [1.29, 1.82) is 0 Å². The van der Waals surface area contributed by atoms with Crippen LogP contribution in [0.1, 0.15) is 17.0 Å². The molecule has 3 N–H and O–H groups in total. The lowest BCUT2D eigenvalue weighted by Crippen LogP contribution is -2.44. The molecule has 0 amide bonds. The standard InChI is InChI=1S/C15H12O4/c16-14(17)15(18,19)12-8-7-10-4-1-3-9-5-2-6-11(12)13(9)10/h1-8,12,18-19H,(H,16,17). The number of carboxylic acid groups (broad SMARTS) is 1. The van der Waals surface area contributed by atoms with Crippen LogP contribution in [0.4, 0.5) is 0 Å². The summed E-state index contributed by atoms with van der Waals surface area (Å²) in [4.78, 5) is 11.0. The molecule has 3 rings (SSSR count). The Hall–Kier alpha value is -2.17. The summed E-state index contributed by atoms with van der Waals surface area (Å²) in [5.41, 5.74) is 1.56. The average molecular weight is 256 g/mol. The van der Waals surface area contributed by atoms with E-state index in [4.69, 9.17) is 5.11 Å². The highest BCUT2D eigenvalue weighted by molar-refractivity contribution is 5.96. The zero-order chi connectivity index (χ0) is 13.6. The van der Waals surface area contributed by atoms with Crippen LogP contribution in [0.2, 0.25) is 0 Å². The van der Waals surface area contributed by atoms with Gasteiger partial charge < -0.3 is 15.3 Å². The molecule has 1 unspecified atom stereocenters. The second-order valence-electron chi connectivity index (χ2n) is 4.66. The average Bonchev–Trinajstić information content (AvgIpc) is 2.39. The summed E-state index contributed by atoms with van der Waals surface area (Å²) >= 11 is 0. The summed E-state index contributed by atoms with van der Waals surface area (Å²) in [6.45, 7) is 0. The smallest absolute Gasteiger partial charge is 0.365 e. The van der Waals surface area contributed by atoms with Crippen molar-refractivity contribution < 1.29 is 20.1 Å². The van der Waals surface area contributed by atoms with Gasteiger partial charge in [-0.2, -0.15) is 0 Å². The van der Waals surface area contributed by atoms with E-state index in [0.717, 1.165) is 16.3 Å². The molecule has 1 atom stereocenters. The highest BCUT2D eigenvalue weighted by atomic mass is 16.5. The van der Waals surface area contributed by atoms with Crippen LogP contribution in [0.5, 0.6) is 0 Å². The van der Waals surface area contributed by atoms with Gasteiger partial charge in [0.05, 0.1) is 5.92 Å². The Balaban J connectivity index is 2.28. The monoisotopic (exact) mass is 256 g/mol. The Morgan fingerprint density at radius 3 is 2.47 bits per heavy atom. The number of hydrogen-bond donors (Lipinski definition) is 3. The predicted octanol–water partition coefficient (Wildman–Crippen LogP) is 1.72. The lowest BCUT2D eigenvalue weighted by Gasteiger charge is -2.29. The summed E-state index contributed by atoms with van der Waals surface area (Å²) in [6.07, 6.45) is 3.25. The molecule has 2 aromatic carbocycles. The highest BCUT2D eigenvalue weighted by Gasteiger charge is 2.43. The molecule has 4 nitrogen and oxygen atoms in total. The number of carbonyl (C=O) groups is 1. The van der Waals surface area contributed by atoms with E-state index < -0.39 is 17.7 Å². The molecule has 1 aliphatic rings. The Bertz CT molecular complexity index is 695. The Labute approximate surface area is 109 Å². The first-order valence-corrected chi connectivity index (χ1v) is 5.90. The molecule has 0 aromatic heterocycles. The highest BCUT2D eigenvalue weighted by Crippen LogP contribution is 2.39. The van der Waals surface area contributed by atoms with E-state index in [0.29, 0.717) is 5.56 Å². The van der Waals surface area contributed by atoms with Crippen molar-refractivity contribution in [2.24, 2.45) is 0 Å². The van der Waals surface area contributed by atoms with Gasteiger partial charge in [-0.15, -0.1) is 0 Å². The molecular formula is C15H12O4. The van der Waals surface area contributed by atoms with Gasteiger partial charge in [0.2, 0.25) is 0 Å². The van der Waals surface area contributed by atoms with Crippen LogP contribution >= 0.6 is 0 Å². The molecule has 96 valence electrons. The van der Waals surface area contributed by atoms with E-state index in [9.17, 15) is 15.0 Å². The van der Waals surface area contributed by atoms with Crippen molar-refractivity contribution in [1.82, 2.24) is 0 Å². The maximum atomic E-state index is 11.0. The third-order valence-electron chi connectivity index (χ3n) is 3.52. The van der Waals surface area contributed by atoms with Gasteiger partial charge >= 0.3 is 5.97 Å². The number of aliphatic hydroxyl groups is 2. The summed E-state index contributed by atoms with van der Waals surface area (Å²) in [6, 6.07) is 11.2.